The smallest absolute Gasteiger partial charge is 0.119 e. The van der Waals surface area contributed by atoms with Crippen LogP contribution in [0.4, 0.5) is 0 Å². The molecule has 164 valence electrons. The van der Waals surface area contributed by atoms with E-state index in [4.69, 9.17) is 14.2 Å². The molecule has 0 N–H and O–H groups in total. The summed E-state index contributed by atoms with van der Waals surface area (Å²) in [6.07, 6.45) is 1.02. The summed E-state index contributed by atoms with van der Waals surface area (Å²) >= 11 is 0. The molecule has 2 aromatic rings. The minimum Gasteiger partial charge on any atom is -0.497 e. The Kier molecular flexibility index (Phi) is 8.55. The first kappa shape index (κ1) is 22.6. The van der Waals surface area contributed by atoms with Crippen molar-refractivity contribution in [1.29, 1.82) is 0 Å². The largest absolute Gasteiger partial charge is 0.497 e. The van der Waals surface area contributed by atoms with Gasteiger partial charge < -0.3 is 24.0 Å². The number of hydrogen-bond acceptors (Lipinski definition) is 5. The predicted molar refractivity (Wildman–Crippen MR) is 122 cm³/mol. The fourth-order valence-electron chi connectivity index (χ4n) is 4.16. The maximum Gasteiger partial charge on any atom is 0.119 e. The zero-order valence-electron chi connectivity index (χ0n) is 18.9. The van der Waals surface area contributed by atoms with Gasteiger partial charge in [-0.25, -0.2) is 0 Å². The summed E-state index contributed by atoms with van der Waals surface area (Å²) in [6.45, 7) is 8.74. The molecule has 0 amide bonds. The van der Waals surface area contributed by atoms with E-state index in [1.807, 2.05) is 12.1 Å². The van der Waals surface area contributed by atoms with Gasteiger partial charge >= 0.3 is 0 Å². The van der Waals surface area contributed by atoms with Crippen LogP contribution in [-0.2, 0) is 11.3 Å². The van der Waals surface area contributed by atoms with Gasteiger partial charge in [-0.1, -0.05) is 25.1 Å². The van der Waals surface area contributed by atoms with Crippen molar-refractivity contribution in [1.82, 2.24) is 9.80 Å². The third kappa shape index (κ3) is 5.97. The topological polar surface area (TPSA) is 34.2 Å². The number of benzene rings is 2. The molecule has 0 bridgehead atoms. The quantitative estimate of drug-likeness (QED) is 0.521. The Morgan fingerprint density at radius 2 is 1.77 bits per heavy atom. The summed E-state index contributed by atoms with van der Waals surface area (Å²) in [5.41, 5.74) is 4.09. The summed E-state index contributed by atoms with van der Waals surface area (Å²) in [5, 5.41) is 0. The van der Waals surface area contributed by atoms with Crippen molar-refractivity contribution in [2.75, 3.05) is 60.7 Å². The van der Waals surface area contributed by atoms with Gasteiger partial charge in [-0.3, -0.25) is 0 Å². The lowest BCUT2D eigenvalue weighted by molar-refractivity contribution is 0.146. The van der Waals surface area contributed by atoms with Crippen LogP contribution in [0.25, 0.3) is 0 Å². The van der Waals surface area contributed by atoms with Crippen molar-refractivity contribution in [2.24, 2.45) is 0 Å². The van der Waals surface area contributed by atoms with Crippen LogP contribution in [0.2, 0.25) is 0 Å². The lowest BCUT2D eigenvalue weighted by atomic mass is 9.84. The molecule has 1 atom stereocenters. The van der Waals surface area contributed by atoms with E-state index in [-0.39, 0.29) is 0 Å². The second-order valence-electron chi connectivity index (χ2n) is 8.01. The first-order chi connectivity index (χ1) is 14.6. The zero-order valence-corrected chi connectivity index (χ0v) is 18.9. The molecule has 0 saturated heterocycles. The number of likely N-dealkylation sites (N-methyl/N-ethyl adjacent to an activating group) is 2. The standard InChI is InChI=1S/C25H36N2O3/c1-5-27(14-16-28-3)13-6-15-30-23-11-12-24-21(17-23)18-26(2)19-25(24)20-7-9-22(29-4)10-8-20/h7-12,17,25H,5-6,13-16,18-19H2,1-4H3. The molecular weight excluding hydrogens is 376 g/mol. The van der Waals surface area contributed by atoms with Gasteiger partial charge in [0.2, 0.25) is 0 Å². The van der Waals surface area contributed by atoms with Gasteiger partial charge in [-0.15, -0.1) is 0 Å². The highest BCUT2D eigenvalue weighted by atomic mass is 16.5. The lowest BCUT2D eigenvalue weighted by Crippen LogP contribution is -2.31. The summed E-state index contributed by atoms with van der Waals surface area (Å²) in [7, 11) is 5.65. The lowest BCUT2D eigenvalue weighted by Gasteiger charge is -2.33. The molecule has 5 nitrogen and oxygen atoms in total. The van der Waals surface area contributed by atoms with E-state index in [9.17, 15) is 0 Å². The van der Waals surface area contributed by atoms with Crippen LogP contribution >= 0.6 is 0 Å². The highest BCUT2D eigenvalue weighted by molar-refractivity contribution is 5.45. The maximum absolute atomic E-state index is 6.08. The molecule has 0 aromatic heterocycles. The maximum atomic E-state index is 6.08. The fourth-order valence-corrected chi connectivity index (χ4v) is 4.16. The number of hydrogen-bond donors (Lipinski definition) is 0. The minimum atomic E-state index is 0.373. The Morgan fingerprint density at radius 3 is 2.47 bits per heavy atom. The third-order valence-electron chi connectivity index (χ3n) is 5.89. The van der Waals surface area contributed by atoms with Gasteiger partial charge in [0.05, 0.1) is 20.3 Å². The average Bonchev–Trinajstić information content (AvgIpc) is 2.78. The molecule has 30 heavy (non-hydrogen) atoms. The Balaban J connectivity index is 1.61. The van der Waals surface area contributed by atoms with Crippen LogP contribution < -0.4 is 9.47 Å². The molecule has 0 saturated carbocycles. The summed E-state index contributed by atoms with van der Waals surface area (Å²) in [6, 6.07) is 15.1. The highest BCUT2D eigenvalue weighted by Crippen LogP contribution is 2.35. The third-order valence-corrected chi connectivity index (χ3v) is 5.89. The second-order valence-corrected chi connectivity index (χ2v) is 8.01. The van der Waals surface area contributed by atoms with E-state index in [0.717, 1.165) is 63.9 Å². The van der Waals surface area contributed by atoms with Crippen molar-refractivity contribution in [2.45, 2.75) is 25.8 Å². The van der Waals surface area contributed by atoms with Crippen molar-refractivity contribution in [3.63, 3.8) is 0 Å². The van der Waals surface area contributed by atoms with Crippen LogP contribution in [-0.4, -0.2) is 70.5 Å². The van der Waals surface area contributed by atoms with Gasteiger partial charge in [0.15, 0.2) is 0 Å². The Hall–Kier alpha value is -2.08. The molecule has 2 aromatic carbocycles. The van der Waals surface area contributed by atoms with E-state index in [1.54, 1.807) is 14.2 Å². The molecular formula is C25H36N2O3. The number of fused-ring (bicyclic) bond motifs is 1. The molecule has 0 spiro atoms. The molecule has 0 fully saturated rings. The van der Waals surface area contributed by atoms with Gasteiger partial charge in [0.1, 0.15) is 11.5 Å². The Morgan fingerprint density at radius 1 is 1.00 bits per heavy atom. The van der Waals surface area contributed by atoms with Gasteiger partial charge in [0, 0.05) is 39.2 Å². The number of methoxy groups -OCH3 is 2. The monoisotopic (exact) mass is 412 g/mol. The number of ether oxygens (including phenoxy) is 3. The van der Waals surface area contributed by atoms with E-state index >= 15 is 0 Å². The normalized spacial score (nSPS) is 16.5. The van der Waals surface area contributed by atoms with E-state index in [0.29, 0.717) is 5.92 Å². The molecule has 1 heterocycles. The van der Waals surface area contributed by atoms with Crippen molar-refractivity contribution < 1.29 is 14.2 Å². The van der Waals surface area contributed by atoms with Crippen LogP contribution in [0.5, 0.6) is 11.5 Å². The van der Waals surface area contributed by atoms with Gasteiger partial charge in [0.25, 0.3) is 0 Å². The second kappa shape index (κ2) is 11.3. The Labute approximate surface area is 181 Å². The first-order valence-electron chi connectivity index (χ1n) is 10.9. The minimum absolute atomic E-state index is 0.373. The van der Waals surface area contributed by atoms with Crippen molar-refractivity contribution in [3.8, 4) is 11.5 Å². The van der Waals surface area contributed by atoms with Crippen LogP contribution in [0.1, 0.15) is 36.0 Å². The summed E-state index contributed by atoms with van der Waals surface area (Å²) in [4.78, 5) is 4.78. The van der Waals surface area contributed by atoms with E-state index in [1.165, 1.54) is 16.7 Å². The number of nitrogens with zero attached hydrogens (tertiary/aromatic N) is 2. The summed E-state index contributed by atoms with van der Waals surface area (Å²) < 4.78 is 16.6. The van der Waals surface area contributed by atoms with Crippen molar-refractivity contribution >= 4 is 0 Å². The molecule has 0 radical (unpaired) electrons. The van der Waals surface area contributed by atoms with E-state index in [2.05, 4.69) is 54.1 Å². The molecule has 1 unspecified atom stereocenters. The summed E-state index contributed by atoms with van der Waals surface area (Å²) in [5.74, 6) is 2.24. The molecule has 3 rings (SSSR count). The molecule has 5 heteroatoms. The Bertz CT molecular complexity index is 778. The SMILES string of the molecule is CCN(CCCOc1ccc2c(c1)CN(C)CC2c1ccc(OC)cc1)CCOC. The molecule has 1 aliphatic heterocycles. The fraction of sp³-hybridized carbons (Fsp3) is 0.520. The average molecular weight is 413 g/mol. The van der Waals surface area contributed by atoms with Gasteiger partial charge in [-0.05, 0) is 61.0 Å². The van der Waals surface area contributed by atoms with Crippen molar-refractivity contribution in [3.05, 3.63) is 59.2 Å². The van der Waals surface area contributed by atoms with Crippen LogP contribution in [0.15, 0.2) is 42.5 Å². The predicted octanol–water partition coefficient (Wildman–Crippen LogP) is 4.01. The molecule has 1 aliphatic rings. The molecule has 0 aliphatic carbocycles. The van der Waals surface area contributed by atoms with Crippen LogP contribution in [0, 0.1) is 0 Å². The highest BCUT2D eigenvalue weighted by Gasteiger charge is 2.25. The first-order valence-corrected chi connectivity index (χ1v) is 10.9. The zero-order chi connectivity index (χ0) is 21.3. The van der Waals surface area contributed by atoms with Gasteiger partial charge in [-0.2, -0.15) is 0 Å². The number of rotatable bonds is 11. The van der Waals surface area contributed by atoms with E-state index < -0.39 is 0 Å². The van der Waals surface area contributed by atoms with Crippen LogP contribution in [0.3, 0.4) is 0 Å².